The lowest BCUT2D eigenvalue weighted by Gasteiger charge is -2.04. The summed E-state index contributed by atoms with van der Waals surface area (Å²) in [5.41, 5.74) is 0. The maximum absolute atomic E-state index is 2.22. The molecule has 0 N–H and O–H groups in total. The lowest BCUT2D eigenvalue weighted by Crippen LogP contribution is -1.87. The second kappa shape index (κ2) is 24.6. The Hall–Kier alpha value is 0.350. The van der Waals surface area contributed by atoms with Gasteiger partial charge in [-0.3, -0.25) is 0 Å². The first-order chi connectivity index (χ1) is 14.5. The third kappa shape index (κ3) is 22.9. The van der Waals surface area contributed by atoms with E-state index in [1.54, 1.807) is 0 Å². The Kier molecular flexibility index (Phi) is 23.2. The molecule has 0 aromatic heterocycles. The van der Waals surface area contributed by atoms with Crippen LogP contribution in [-0.2, 0) is 0 Å². The van der Waals surface area contributed by atoms with Crippen LogP contribution in [0.4, 0.5) is 0 Å². The average molecular weight is 425 g/mol. The van der Waals surface area contributed by atoms with Gasteiger partial charge in [-0.2, -0.15) is 11.8 Å². The Balaban J connectivity index is 2.00. The van der Waals surface area contributed by atoms with Gasteiger partial charge in [0.15, 0.2) is 0 Å². The van der Waals surface area contributed by atoms with Crippen LogP contribution in [-0.4, -0.2) is 11.5 Å². The summed E-state index contributed by atoms with van der Waals surface area (Å²) in [6, 6.07) is 0. The fourth-order valence-corrected chi connectivity index (χ4v) is 5.77. The first-order valence-electron chi connectivity index (χ1n) is 14.1. The van der Waals surface area contributed by atoms with Crippen molar-refractivity contribution in [3.05, 3.63) is 0 Å². The normalized spacial score (nSPS) is 24.0. The highest BCUT2D eigenvalue weighted by Crippen LogP contribution is 2.17. The van der Waals surface area contributed by atoms with Crippen LogP contribution >= 0.6 is 11.8 Å². The summed E-state index contributed by atoms with van der Waals surface area (Å²) in [7, 11) is 0. The molecule has 0 aliphatic carbocycles. The molecule has 0 nitrogen and oxygen atoms in total. The van der Waals surface area contributed by atoms with Crippen molar-refractivity contribution in [1.29, 1.82) is 0 Å². The van der Waals surface area contributed by atoms with Crippen LogP contribution in [0.2, 0.25) is 0 Å². The summed E-state index contributed by atoms with van der Waals surface area (Å²) in [6.45, 7) is 0. The first kappa shape index (κ1) is 27.4. The minimum Gasteiger partial charge on any atom is -0.162 e. The van der Waals surface area contributed by atoms with E-state index in [4.69, 9.17) is 0 Å². The van der Waals surface area contributed by atoms with E-state index in [-0.39, 0.29) is 0 Å². The zero-order chi connectivity index (χ0) is 20.5. The van der Waals surface area contributed by atoms with Crippen molar-refractivity contribution in [2.75, 3.05) is 11.5 Å². The maximum Gasteiger partial charge on any atom is -0.00675 e. The molecule has 0 bridgehead atoms. The highest BCUT2D eigenvalue weighted by Gasteiger charge is 1.97. The standard InChI is InChI=1S/C28H56S/c1-2-4-6-8-10-12-14-16-18-20-22-24-26-28-29-27-25-23-21-19-17-15-13-11-9-7-5-3-1/h1-28H2. The van der Waals surface area contributed by atoms with Crippen molar-refractivity contribution in [3.63, 3.8) is 0 Å². The molecule has 1 aliphatic rings. The third-order valence-electron chi connectivity index (χ3n) is 6.83. The SMILES string of the molecule is C1CCCCCCCCCCCCCCSCCCCCCCCCCCCC1. The van der Waals surface area contributed by atoms with Gasteiger partial charge < -0.3 is 0 Å². The molecule has 0 atom stereocenters. The van der Waals surface area contributed by atoms with Crippen LogP contribution in [0.25, 0.3) is 0 Å². The minimum absolute atomic E-state index is 1.42. The van der Waals surface area contributed by atoms with Gasteiger partial charge in [0.25, 0.3) is 0 Å². The van der Waals surface area contributed by atoms with Crippen molar-refractivity contribution in [3.8, 4) is 0 Å². The van der Waals surface area contributed by atoms with Crippen molar-refractivity contribution >= 4 is 11.8 Å². The van der Waals surface area contributed by atoms with Gasteiger partial charge >= 0.3 is 0 Å². The molecule has 1 aliphatic heterocycles. The van der Waals surface area contributed by atoms with Gasteiger partial charge in [-0.05, 0) is 24.3 Å². The Morgan fingerprint density at radius 2 is 0.310 bits per heavy atom. The van der Waals surface area contributed by atoms with Gasteiger partial charge in [-0.1, -0.05) is 154 Å². The highest BCUT2D eigenvalue weighted by molar-refractivity contribution is 7.99. The summed E-state index contributed by atoms with van der Waals surface area (Å²) >= 11 is 2.22. The second-order valence-corrected chi connectivity index (χ2v) is 11.0. The van der Waals surface area contributed by atoms with Crippen molar-refractivity contribution in [1.82, 2.24) is 0 Å². The van der Waals surface area contributed by atoms with E-state index < -0.39 is 0 Å². The number of hydrogen-bond donors (Lipinski definition) is 0. The van der Waals surface area contributed by atoms with Crippen LogP contribution < -0.4 is 0 Å². The quantitative estimate of drug-likeness (QED) is 0.372. The van der Waals surface area contributed by atoms with Crippen molar-refractivity contribution < 1.29 is 0 Å². The average Bonchev–Trinajstić information content (AvgIpc) is 2.73. The molecular weight excluding hydrogens is 368 g/mol. The fourth-order valence-electron chi connectivity index (χ4n) is 4.75. The summed E-state index contributed by atoms with van der Waals surface area (Å²) < 4.78 is 0. The number of hydrogen-bond acceptors (Lipinski definition) is 1. The Labute approximate surface area is 190 Å². The predicted octanol–water partition coefficient (Wildman–Crippen LogP) is 10.9. The molecule has 0 radical (unpaired) electrons. The molecule has 1 heteroatoms. The molecule has 0 amide bonds. The van der Waals surface area contributed by atoms with Gasteiger partial charge in [0.1, 0.15) is 0 Å². The zero-order valence-electron chi connectivity index (χ0n) is 20.2. The smallest absolute Gasteiger partial charge is 0.00675 e. The summed E-state index contributed by atoms with van der Waals surface area (Å²) in [6.07, 6.45) is 38.8. The van der Waals surface area contributed by atoms with E-state index in [0.717, 1.165) is 0 Å². The maximum atomic E-state index is 2.22. The minimum atomic E-state index is 1.42. The van der Waals surface area contributed by atoms with E-state index >= 15 is 0 Å². The largest absolute Gasteiger partial charge is 0.162 e. The number of thioether (sulfide) groups is 1. The van der Waals surface area contributed by atoms with Crippen LogP contribution in [0.3, 0.4) is 0 Å². The van der Waals surface area contributed by atoms with Crippen LogP contribution in [0.1, 0.15) is 167 Å². The zero-order valence-corrected chi connectivity index (χ0v) is 21.0. The van der Waals surface area contributed by atoms with Crippen LogP contribution in [0.15, 0.2) is 0 Å². The summed E-state index contributed by atoms with van der Waals surface area (Å²) in [4.78, 5) is 0. The van der Waals surface area contributed by atoms with Crippen LogP contribution in [0.5, 0.6) is 0 Å². The third-order valence-corrected chi connectivity index (χ3v) is 7.98. The Morgan fingerprint density at radius 1 is 0.172 bits per heavy atom. The van der Waals surface area contributed by atoms with E-state index in [1.807, 2.05) is 0 Å². The van der Waals surface area contributed by atoms with Gasteiger partial charge in [-0.25, -0.2) is 0 Å². The van der Waals surface area contributed by atoms with Crippen molar-refractivity contribution in [2.24, 2.45) is 0 Å². The molecule has 0 saturated carbocycles. The first-order valence-corrected chi connectivity index (χ1v) is 15.2. The van der Waals surface area contributed by atoms with E-state index in [0.29, 0.717) is 0 Å². The van der Waals surface area contributed by atoms with E-state index in [1.165, 1.54) is 178 Å². The fraction of sp³-hybridized carbons (Fsp3) is 1.00. The highest BCUT2D eigenvalue weighted by atomic mass is 32.2. The molecule has 1 saturated heterocycles. The molecule has 1 fully saturated rings. The molecular formula is C28H56S. The van der Waals surface area contributed by atoms with Crippen LogP contribution in [0, 0.1) is 0 Å². The van der Waals surface area contributed by atoms with Crippen molar-refractivity contribution in [2.45, 2.75) is 167 Å². The molecule has 0 unspecified atom stereocenters. The van der Waals surface area contributed by atoms with Gasteiger partial charge in [-0.15, -0.1) is 0 Å². The topological polar surface area (TPSA) is 0 Å². The predicted molar refractivity (Wildman–Crippen MR) is 137 cm³/mol. The Bertz CT molecular complexity index is 147. The molecule has 1 heterocycles. The van der Waals surface area contributed by atoms with Gasteiger partial charge in [0, 0.05) is 0 Å². The summed E-state index contributed by atoms with van der Waals surface area (Å²) in [5, 5.41) is 0. The molecule has 29 heavy (non-hydrogen) atoms. The molecule has 0 spiro atoms. The molecule has 1 rings (SSSR count). The monoisotopic (exact) mass is 424 g/mol. The molecule has 0 aromatic rings. The second-order valence-electron chi connectivity index (χ2n) is 9.80. The van der Waals surface area contributed by atoms with E-state index in [2.05, 4.69) is 11.8 Å². The van der Waals surface area contributed by atoms with Gasteiger partial charge in [0.2, 0.25) is 0 Å². The Morgan fingerprint density at radius 3 is 0.483 bits per heavy atom. The van der Waals surface area contributed by atoms with E-state index in [9.17, 15) is 0 Å². The molecule has 174 valence electrons. The summed E-state index contributed by atoms with van der Waals surface area (Å²) in [5.74, 6) is 2.83. The number of rotatable bonds is 0. The molecule has 0 aromatic carbocycles. The van der Waals surface area contributed by atoms with Gasteiger partial charge in [0.05, 0.1) is 0 Å². The lowest BCUT2D eigenvalue weighted by molar-refractivity contribution is 0.516. The lowest BCUT2D eigenvalue weighted by atomic mass is 10.0.